The van der Waals surface area contributed by atoms with Crippen LogP contribution in [0.15, 0.2) is 47.0 Å². The van der Waals surface area contributed by atoms with Crippen molar-refractivity contribution >= 4 is 5.91 Å². The summed E-state index contributed by atoms with van der Waals surface area (Å²) in [5.74, 6) is 1.65. The van der Waals surface area contributed by atoms with Gasteiger partial charge in [0, 0.05) is 30.1 Å². The molecule has 144 valence electrons. The lowest BCUT2D eigenvalue weighted by Crippen LogP contribution is -2.38. The van der Waals surface area contributed by atoms with Crippen LogP contribution in [0.4, 0.5) is 0 Å². The maximum absolute atomic E-state index is 12.9. The molecule has 2 aromatic carbocycles. The summed E-state index contributed by atoms with van der Waals surface area (Å²) in [5.41, 5.74) is 5.12. The normalized spacial score (nSPS) is 15.0. The molecule has 0 bridgehead atoms. The van der Waals surface area contributed by atoms with Crippen LogP contribution in [0.1, 0.15) is 51.6 Å². The number of carbonyl (C=O) groups excluding carboxylic acids is 1. The van der Waals surface area contributed by atoms with Gasteiger partial charge in [0.05, 0.1) is 0 Å². The number of nitrogens with zero attached hydrogens (tertiary/aromatic N) is 3. The summed E-state index contributed by atoms with van der Waals surface area (Å²) in [7, 11) is 0. The topological polar surface area (TPSA) is 59.2 Å². The first-order valence-corrected chi connectivity index (χ1v) is 9.78. The number of carbonyl (C=O) groups is 1. The Morgan fingerprint density at radius 2 is 1.79 bits per heavy atom. The molecule has 1 aromatic heterocycles. The fourth-order valence-corrected chi connectivity index (χ4v) is 3.86. The Morgan fingerprint density at radius 1 is 1.04 bits per heavy atom. The molecule has 1 aliphatic heterocycles. The van der Waals surface area contributed by atoms with Crippen LogP contribution in [0.2, 0.25) is 0 Å². The Kier molecular flexibility index (Phi) is 4.99. The molecule has 1 aliphatic rings. The highest BCUT2D eigenvalue weighted by molar-refractivity contribution is 5.95. The van der Waals surface area contributed by atoms with Gasteiger partial charge < -0.3 is 9.42 Å². The quantitative estimate of drug-likeness (QED) is 0.667. The molecule has 28 heavy (non-hydrogen) atoms. The molecule has 0 saturated carbocycles. The molecule has 1 fully saturated rings. The van der Waals surface area contributed by atoms with E-state index < -0.39 is 0 Å². The summed E-state index contributed by atoms with van der Waals surface area (Å²) in [6.45, 7) is 7.52. The predicted octanol–water partition coefficient (Wildman–Crippen LogP) is 4.68. The molecule has 0 N–H and O–H groups in total. The Morgan fingerprint density at radius 3 is 2.50 bits per heavy atom. The SMILES string of the molecule is Cc1cccc(-c2nc(C3CCN(C(=O)c4ccc(C)cc4C)CC3)no2)c1. The number of hydrogen-bond donors (Lipinski definition) is 0. The van der Waals surface area contributed by atoms with Gasteiger partial charge in [-0.25, -0.2) is 0 Å². The van der Waals surface area contributed by atoms with Crippen LogP contribution in [-0.4, -0.2) is 34.0 Å². The number of aromatic nitrogens is 2. The zero-order valence-corrected chi connectivity index (χ0v) is 16.6. The number of hydrogen-bond acceptors (Lipinski definition) is 4. The highest BCUT2D eigenvalue weighted by Crippen LogP contribution is 2.29. The molecule has 3 aromatic rings. The highest BCUT2D eigenvalue weighted by atomic mass is 16.5. The lowest BCUT2D eigenvalue weighted by atomic mass is 9.95. The smallest absolute Gasteiger partial charge is 0.257 e. The van der Waals surface area contributed by atoms with Gasteiger partial charge >= 0.3 is 0 Å². The average molecular weight is 375 g/mol. The van der Waals surface area contributed by atoms with Gasteiger partial charge in [-0.1, -0.05) is 40.5 Å². The van der Waals surface area contributed by atoms with Gasteiger partial charge in [-0.15, -0.1) is 0 Å². The van der Waals surface area contributed by atoms with Crippen molar-refractivity contribution in [3.63, 3.8) is 0 Å². The standard InChI is InChI=1S/C23H25N3O2/c1-15-5-4-6-19(14-15)22-24-21(25-28-22)18-9-11-26(12-10-18)23(27)20-8-7-16(2)13-17(20)3/h4-8,13-14,18H,9-12H2,1-3H3. The van der Waals surface area contributed by atoms with E-state index >= 15 is 0 Å². The number of likely N-dealkylation sites (tertiary alicyclic amines) is 1. The minimum absolute atomic E-state index is 0.115. The summed E-state index contributed by atoms with van der Waals surface area (Å²) in [6.07, 6.45) is 1.70. The number of benzene rings is 2. The first-order valence-electron chi connectivity index (χ1n) is 9.78. The summed E-state index contributed by atoms with van der Waals surface area (Å²) in [4.78, 5) is 19.4. The number of rotatable bonds is 3. The van der Waals surface area contributed by atoms with E-state index in [9.17, 15) is 4.79 Å². The first-order chi connectivity index (χ1) is 13.5. The number of amides is 1. The van der Waals surface area contributed by atoms with Crippen LogP contribution in [0.5, 0.6) is 0 Å². The fourth-order valence-electron chi connectivity index (χ4n) is 3.86. The molecule has 0 radical (unpaired) electrons. The summed E-state index contributed by atoms with van der Waals surface area (Å²) in [5, 5.41) is 4.21. The van der Waals surface area contributed by atoms with E-state index in [1.807, 2.05) is 62.1 Å². The monoisotopic (exact) mass is 375 g/mol. The van der Waals surface area contributed by atoms with Crippen LogP contribution in [0.3, 0.4) is 0 Å². The molecular weight excluding hydrogens is 350 g/mol. The van der Waals surface area contributed by atoms with Crippen LogP contribution in [0.25, 0.3) is 11.5 Å². The molecule has 2 heterocycles. The maximum atomic E-state index is 12.9. The Hall–Kier alpha value is -2.95. The third-order valence-corrected chi connectivity index (χ3v) is 5.47. The molecule has 1 amide bonds. The summed E-state index contributed by atoms with van der Waals surface area (Å²) < 4.78 is 5.49. The lowest BCUT2D eigenvalue weighted by Gasteiger charge is -2.31. The third kappa shape index (κ3) is 3.70. The van der Waals surface area contributed by atoms with Crippen molar-refractivity contribution in [3.05, 3.63) is 70.5 Å². The molecule has 0 aliphatic carbocycles. The fraction of sp³-hybridized carbons (Fsp3) is 0.348. The predicted molar refractivity (Wildman–Crippen MR) is 108 cm³/mol. The van der Waals surface area contributed by atoms with E-state index in [-0.39, 0.29) is 11.8 Å². The summed E-state index contributed by atoms with van der Waals surface area (Å²) in [6, 6.07) is 14.1. The molecule has 5 nitrogen and oxygen atoms in total. The van der Waals surface area contributed by atoms with Gasteiger partial charge in [-0.3, -0.25) is 4.79 Å². The van der Waals surface area contributed by atoms with E-state index in [4.69, 9.17) is 4.52 Å². The van der Waals surface area contributed by atoms with Crippen molar-refractivity contribution in [2.75, 3.05) is 13.1 Å². The second-order valence-corrected chi connectivity index (χ2v) is 7.71. The zero-order chi connectivity index (χ0) is 19.7. The maximum Gasteiger partial charge on any atom is 0.257 e. The average Bonchev–Trinajstić information content (AvgIpc) is 3.18. The molecule has 0 spiro atoms. The van der Waals surface area contributed by atoms with Crippen molar-refractivity contribution in [3.8, 4) is 11.5 Å². The van der Waals surface area contributed by atoms with Crippen LogP contribution in [-0.2, 0) is 0 Å². The number of aryl methyl sites for hydroxylation is 3. The largest absolute Gasteiger partial charge is 0.339 e. The minimum Gasteiger partial charge on any atom is -0.339 e. The van der Waals surface area contributed by atoms with Crippen LogP contribution >= 0.6 is 0 Å². The molecule has 1 saturated heterocycles. The van der Waals surface area contributed by atoms with Gasteiger partial charge in [0.2, 0.25) is 0 Å². The van der Waals surface area contributed by atoms with Gasteiger partial charge in [0.15, 0.2) is 5.82 Å². The van der Waals surface area contributed by atoms with Gasteiger partial charge in [-0.05, 0) is 57.4 Å². The Balaban J connectivity index is 1.42. The third-order valence-electron chi connectivity index (χ3n) is 5.47. The van der Waals surface area contributed by atoms with E-state index in [0.717, 1.165) is 40.9 Å². The molecule has 5 heteroatoms. The van der Waals surface area contributed by atoms with Crippen LogP contribution in [0, 0.1) is 20.8 Å². The van der Waals surface area contributed by atoms with E-state index in [2.05, 4.69) is 16.2 Å². The van der Waals surface area contributed by atoms with Crippen molar-refractivity contribution in [1.29, 1.82) is 0 Å². The Bertz CT molecular complexity index is 1000. The van der Waals surface area contributed by atoms with Gasteiger partial charge in [-0.2, -0.15) is 4.98 Å². The second-order valence-electron chi connectivity index (χ2n) is 7.71. The lowest BCUT2D eigenvalue weighted by molar-refractivity contribution is 0.0710. The van der Waals surface area contributed by atoms with E-state index in [1.165, 1.54) is 5.56 Å². The Labute approximate surface area is 165 Å². The van der Waals surface area contributed by atoms with Crippen molar-refractivity contribution in [1.82, 2.24) is 15.0 Å². The number of piperidine rings is 1. The van der Waals surface area contributed by atoms with Gasteiger partial charge in [0.1, 0.15) is 0 Å². The van der Waals surface area contributed by atoms with Crippen LogP contribution < -0.4 is 0 Å². The molecule has 0 atom stereocenters. The van der Waals surface area contributed by atoms with Crippen molar-refractivity contribution in [2.45, 2.75) is 39.5 Å². The molecular formula is C23H25N3O2. The van der Waals surface area contributed by atoms with E-state index in [1.54, 1.807) is 0 Å². The first kappa shape index (κ1) is 18.4. The molecule has 4 rings (SSSR count). The van der Waals surface area contributed by atoms with Crippen molar-refractivity contribution in [2.24, 2.45) is 0 Å². The second kappa shape index (κ2) is 7.58. The van der Waals surface area contributed by atoms with Crippen molar-refractivity contribution < 1.29 is 9.32 Å². The van der Waals surface area contributed by atoms with E-state index in [0.29, 0.717) is 19.0 Å². The zero-order valence-electron chi connectivity index (χ0n) is 16.6. The minimum atomic E-state index is 0.115. The van der Waals surface area contributed by atoms with Gasteiger partial charge in [0.25, 0.3) is 11.8 Å². The highest BCUT2D eigenvalue weighted by Gasteiger charge is 2.28. The summed E-state index contributed by atoms with van der Waals surface area (Å²) >= 11 is 0. The molecule has 0 unspecified atom stereocenters.